The molecule has 2 N–H and O–H groups in total. The van der Waals surface area contributed by atoms with E-state index in [1.54, 1.807) is 0 Å². The van der Waals surface area contributed by atoms with Crippen LogP contribution in [0, 0.1) is 0 Å². The molecule has 2 rings (SSSR count). The Morgan fingerprint density at radius 1 is 1.09 bits per heavy atom. The van der Waals surface area contributed by atoms with E-state index in [-0.39, 0.29) is 80.9 Å². The number of nitrogens with one attached hydrogen (secondary N) is 1. The number of pyridine rings is 1. The molecular formula is C13H24Cl6N2O2. The molecule has 0 saturated carbocycles. The van der Waals surface area contributed by atoms with Crippen molar-refractivity contribution in [2.75, 3.05) is 11.9 Å². The maximum Gasteiger partial charge on any atom is 0.303 e. The monoisotopic (exact) mass is 450 g/mol. The highest BCUT2D eigenvalue weighted by molar-refractivity contribution is 5.86. The van der Waals surface area contributed by atoms with Gasteiger partial charge in [-0.25, -0.2) is 4.98 Å². The number of nitrogens with zero attached hydrogens (tertiary/aromatic N) is 1. The Hall–Kier alpha value is 0.160. The lowest BCUT2D eigenvalue weighted by atomic mass is 10.1. The van der Waals surface area contributed by atoms with Crippen molar-refractivity contribution in [1.29, 1.82) is 0 Å². The summed E-state index contributed by atoms with van der Waals surface area (Å²) in [5.41, 5.74) is 2.36. The molecule has 1 aromatic rings. The van der Waals surface area contributed by atoms with Crippen molar-refractivity contribution in [3.8, 4) is 0 Å². The van der Waals surface area contributed by atoms with E-state index in [0.717, 1.165) is 43.7 Å². The number of unbranched alkanes of at least 4 members (excludes halogenated alkanes) is 1. The second kappa shape index (κ2) is 18.5. The number of aliphatic carboxylic acids is 1. The zero-order chi connectivity index (χ0) is 12.1. The molecule has 0 atom stereocenters. The van der Waals surface area contributed by atoms with Gasteiger partial charge in [0.1, 0.15) is 5.82 Å². The van der Waals surface area contributed by atoms with Gasteiger partial charge in [-0.3, -0.25) is 4.79 Å². The molecule has 0 aromatic carbocycles. The molecule has 23 heavy (non-hydrogen) atoms. The first-order chi connectivity index (χ1) is 8.25. The summed E-state index contributed by atoms with van der Waals surface area (Å²) < 4.78 is 0. The maximum atomic E-state index is 10.4. The largest absolute Gasteiger partial charge is 0.481 e. The quantitative estimate of drug-likeness (QED) is 0.632. The molecular weight excluding hydrogens is 429 g/mol. The average molecular weight is 453 g/mol. The molecule has 0 unspecified atom stereocenters. The molecule has 1 aromatic heterocycles. The summed E-state index contributed by atoms with van der Waals surface area (Å²) in [7, 11) is 0. The van der Waals surface area contributed by atoms with Crippen molar-refractivity contribution in [3.05, 3.63) is 23.4 Å². The van der Waals surface area contributed by atoms with Crippen LogP contribution in [-0.4, -0.2) is 22.6 Å². The van der Waals surface area contributed by atoms with Gasteiger partial charge in [-0.2, -0.15) is 0 Å². The van der Waals surface area contributed by atoms with E-state index in [2.05, 4.69) is 22.4 Å². The van der Waals surface area contributed by atoms with Crippen LogP contribution >= 0.6 is 74.4 Å². The maximum absolute atomic E-state index is 10.4. The Balaban J connectivity index is -0.000000180. The average Bonchev–Trinajstić information content (AvgIpc) is 2.34. The fourth-order valence-corrected chi connectivity index (χ4v) is 2.09. The number of hydrogen-bond donors (Lipinski definition) is 2. The molecule has 10 heteroatoms. The molecule has 1 aliphatic heterocycles. The first kappa shape index (κ1) is 34.5. The number of aromatic nitrogens is 1. The highest BCUT2D eigenvalue weighted by Gasteiger charge is 2.10. The second-order valence-electron chi connectivity index (χ2n) is 4.44. The van der Waals surface area contributed by atoms with E-state index in [0.29, 0.717) is 0 Å². The van der Waals surface area contributed by atoms with E-state index in [9.17, 15) is 4.79 Å². The van der Waals surface area contributed by atoms with Crippen LogP contribution in [0.25, 0.3) is 0 Å². The third-order valence-electron chi connectivity index (χ3n) is 3.03. The molecule has 2 heterocycles. The zero-order valence-electron chi connectivity index (χ0n) is 12.4. The van der Waals surface area contributed by atoms with Gasteiger partial charge in [-0.1, -0.05) is 6.07 Å². The lowest BCUT2D eigenvalue weighted by Gasteiger charge is -2.17. The highest BCUT2D eigenvalue weighted by Crippen LogP contribution is 2.20. The van der Waals surface area contributed by atoms with E-state index >= 15 is 0 Å². The fourth-order valence-electron chi connectivity index (χ4n) is 2.09. The minimum Gasteiger partial charge on any atom is -0.481 e. The van der Waals surface area contributed by atoms with Gasteiger partial charge in [-0.15, -0.1) is 74.4 Å². The van der Waals surface area contributed by atoms with E-state index < -0.39 is 5.97 Å². The molecule has 0 bridgehead atoms. The fraction of sp³-hybridized carbons (Fsp3) is 0.538. The topological polar surface area (TPSA) is 62.2 Å². The molecule has 140 valence electrons. The molecule has 1 aliphatic rings. The SMILES string of the molecule is Cl.Cl.Cl.Cl.Cl.Cl.O=C(O)CCCCc1ccc2c(n1)NCCC2. The smallest absolute Gasteiger partial charge is 0.303 e. The standard InChI is InChI=1S/C13H18N2O2.6ClH/c16-12(17)6-2-1-5-11-8-7-10-4-3-9-14-13(10)15-11;;;;;;/h7-8H,1-6,9H2,(H,14,15)(H,16,17);6*1H. The number of carboxylic acids is 1. The summed E-state index contributed by atoms with van der Waals surface area (Å²) >= 11 is 0. The van der Waals surface area contributed by atoms with Crippen LogP contribution in [0.4, 0.5) is 5.82 Å². The summed E-state index contributed by atoms with van der Waals surface area (Å²) in [6.07, 6.45) is 5.01. The van der Waals surface area contributed by atoms with Crippen LogP contribution < -0.4 is 5.32 Å². The predicted octanol–water partition coefficient (Wildman–Crippen LogP) is 4.77. The van der Waals surface area contributed by atoms with Crippen LogP contribution in [0.3, 0.4) is 0 Å². The van der Waals surface area contributed by atoms with Crippen LogP contribution in [0.2, 0.25) is 0 Å². The van der Waals surface area contributed by atoms with Crippen LogP contribution in [0.15, 0.2) is 12.1 Å². The molecule has 0 aliphatic carbocycles. The van der Waals surface area contributed by atoms with Crippen molar-refractivity contribution >= 4 is 86.2 Å². The third-order valence-corrected chi connectivity index (χ3v) is 3.03. The summed E-state index contributed by atoms with van der Waals surface area (Å²) in [5, 5.41) is 11.8. The summed E-state index contributed by atoms with van der Waals surface area (Å²) in [4.78, 5) is 14.9. The number of aryl methyl sites for hydroxylation is 2. The van der Waals surface area contributed by atoms with Gasteiger partial charge in [0.15, 0.2) is 0 Å². The molecule has 0 radical (unpaired) electrons. The number of carboxylic acid groups (broad SMARTS) is 1. The predicted molar refractivity (Wildman–Crippen MR) is 110 cm³/mol. The van der Waals surface area contributed by atoms with Gasteiger partial charge in [-0.05, 0) is 43.7 Å². The van der Waals surface area contributed by atoms with Crippen molar-refractivity contribution in [1.82, 2.24) is 4.98 Å². The van der Waals surface area contributed by atoms with Gasteiger partial charge in [0.2, 0.25) is 0 Å². The normalized spacial score (nSPS) is 10.3. The third kappa shape index (κ3) is 12.2. The summed E-state index contributed by atoms with van der Waals surface area (Å²) in [6, 6.07) is 4.20. The van der Waals surface area contributed by atoms with Gasteiger partial charge in [0.25, 0.3) is 0 Å². The summed E-state index contributed by atoms with van der Waals surface area (Å²) in [5.74, 6) is 0.303. The number of hydrogen-bond acceptors (Lipinski definition) is 3. The van der Waals surface area contributed by atoms with Crippen molar-refractivity contribution in [2.45, 2.75) is 38.5 Å². The lowest BCUT2D eigenvalue weighted by Crippen LogP contribution is -2.14. The highest BCUT2D eigenvalue weighted by atomic mass is 35.5. The molecule has 0 spiro atoms. The number of fused-ring (bicyclic) bond motifs is 1. The molecule has 4 nitrogen and oxygen atoms in total. The molecule has 0 fully saturated rings. The molecule has 0 amide bonds. The van der Waals surface area contributed by atoms with Crippen LogP contribution in [-0.2, 0) is 17.6 Å². The van der Waals surface area contributed by atoms with Crippen molar-refractivity contribution < 1.29 is 9.90 Å². The first-order valence-corrected chi connectivity index (χ1v) is 6.20. The van der Waals surface area contributed by atoms with Crippen LogP contribution in [0.1, 0.15) is 36.9 Å². The van der Waals surface area contributed by atoms with Crippen LogP contribution in [0.5, 0.6) is 0 Å². The Bertz CT molecular complexity index is 423. The number of halogens is 6. The Kier molecular flexibility index (Phi) is 27.7. The number of carbonyl (C=O) groups is 1. The van der Waals surface area contributed by atoms with E-state index in [1.807, 2.05) is 0 Å². The van der Waals surface area contributed by atoms with E-state index in [4.69, 9.17) is 5.11 Å². The number of anilines is 1. The second-order valence-corrected chi connectivity index (χ2v) is 4.44. The van der Waals surface area contributed by atoms with Gasteiger partial charge in [0.05, 0.1) is 0 Å². The Morgan fingerprint density at radius 3 is 2.35 bits per heavy atom. The minimum atomic E-state index is -0.718. The number of rotatable bonds is 5. The Morgan fingerprint density at radius 2 is 1.74 bits per heavy atom. The van der Waals surface area contributed by atoms with Crippen molar-refractivity contribution in [2.24, 2.45) is 0 Å². The van der Waals surface area contributed by atoms with Gasteiger partial charge < -0.3 is 10.4 Å². The first-order valence-electron chi connectivity index (χ1n) is 6.20. The van der Waals surface area contributed by atoms with Crippen molar-refractivity contribution in [3.63, 3.8) is 0 Å². The van der Waals surface area contributed by atoms with Gasteiger partial charge in [0, 0.05) is 18.7 Å². The lowest BCUT2D eigenvalue weighted by molar-refractivity contribution is -0.137. The molecule has 0 saturated heterocycles. The van der Waals surface area contributed by atoms with Gasteiger partial charge >= 0.3 is 5.97 Å². The Labute approximate surface area is 174 Å². The minimum absolute atomic E-state index is 0. The zero-order valence-corrected chi connectivity index (χ0v) is 17.3. The summed E-state index contributed by atoms with van der Waals surface area (Å²) in [6.45, 7) is 1.00. The van der Waals surface area contributed by atoms with E-state index in [1.165, 1.54) is 12.0 Å².